The molecule has 0 spiro atoms. The number of rotatable bonds is 9. The van der Waals surface area contributed by atoms with Crippen molar-refractivity contribution in [3.8, 4) is 17.0 Å². The first-order chi connectivity index (χ1) is 12.7. The molecule has 138 valence electrons. The van der Waals surface area contributed by atoms with Crippen LogP contribution in [0.25, 0.3) is 22.2 Å². The minimum atomic E-state index is 0.741. The molecule has 0 unspecified atom stereocenters. The quantitative estimate of drug-likeness (QED) is 0.418. The van der Waals surface area contributed by atoms with Crippen LogP contribution in [0.4, 0.5) is 0 Å². The van der Waals surface area contributed by atoms with Gasteiger partial charge in [0.1, 0.15) is 5.75 Å². The van der Waals surface area contributed by atoms with Crippen LogP contribution in [0, 0.1) is 0 Å². The van der Waals surface area contributed by atoms with Crippen LogP contribution in [0.2, 0.25) is 0 Å². The maximum absolute atomic E-state index is 5.79. The number of halogens is 1. The van der Waals surface area contributed by atoms with Crippen molar-refractivity contribution in [2.24, 2.45) is 5.73 Å². The number of fused-ring (bicyclic) bond motifs is 1. The molecular weight excluding hydrogens is 388 g/mol. The first kappa shape index (κ1) is 19.0. The second-order valence-corrected chi connectivity index (χ2v) is 7.56. The van der Waals surface area contributed by atoms with Crippen molar-refractivity contribution < 1.29 is 4.74 Å². The van der Waals surface area contributed by atoms with Crippen LogP contribution >= 0.6 is 15.9 Å². The Bertz CT molecular complexity index is 839. The fourth-order valence-electron chi connectivity index (χ4n) is 3.22. The number of ether oxygens (including phenoxy) is 1. The Labute approximate surface area is 164 Å². The first-order valence-corrected chi connectivity index (χ1v) is 10.3. The van der Waals surface area contributed by atoms with E-state index in [1.54, 1.807) is 0 Å². The van der Waals surface area contributed by atoms with E-state index in [2.05, 4.69) is 70.3 Å². The van der Waals surface area contributed by atoms with Gasteiger partial charge in [-0.25, -0.2) is 0 Å². The van der Waals surface area contributed by atoms with E-state index in [0.29, 0.717) is 0 Å². The molecule has 0 bridgehead atoms. The third-order valence-corrected chi connectivity index (χ3v) is 5.15. The van der Waals surface area contributed by atoms with Crippen LogP contribution in [0.1, 0.15) is 38.2 Å². The van der Waals surface area contributed by atoms with Crippen molar-refractivity contribution in [2.45, 2.75) is 39.0 Å². The van der Waals surface area contributed by atoms with Crippen LogP contribution in [-0.4, -0.2) is 18.1 Å². The molecule has 0 aliphatic carbocycles. The topological polar surface area (TPSA) is 51.0 Å². The summed E-state index contributed by atoms with van der Waals surface area (Å²) in [4.78, 5) is 3.61. The molecule has 2 aromatic carbocycles. The maximum atomic E-state index is 5.79. The third-order valence-electron chi connectivity index (χ3n) is 4.66. The normalized spacial score (nSPS) is 11.2. The highest BCUT2D eigenvalue weighted by molar-refractivity contribution is 9.10. The van der Waals surface area contributed by atoms with Gasteiger partial charge in [0, 0.05) is 21.1 Å². The van der Waals surface area contributed by atoms with Crippen LogP contribution in [0.5, 0.6) is 5.75 Å². The smallest absolute Gasteiger partial charge is 0.119 e. The average molecular weight is 415 g/mol. The zero-order valence-electron chi connectivity index (χ0n) is 15.4. The molecule has 0 aliphatic rings. The molecule has 0 aliphatic heterocycles. The molecule has 3 aromatic rings. The Morgan fingerprint density at radius 1 is 1.04 bits per heavy atom. The number of nitrogens with two attached hydrogens (primary N) is 1. The Kier molecular flexibility index (Phi) is 6.75. The third kappa shape index (κ3) is 4.49. The number of aryl methyl sites for hydroxylation is 1. The number of hydrogen-bond donors (Lipinski definition) is 2. The van der Waals surface area contributed by atoms with Gasteiger partial charge < -0.3 is 15.5 Å². The highest BCUT2D eigenvalue weighted by Crippen LogP contribution is 2.34. The first-order valence-electron chi connectivity index (χ1n) is 9.46. The van der Waals surface area contributed by atoms with Gasteiger partial charge in [-0.1, -0.05) is 29.3 Å². The van der Waals surface area contributed by atoms with Gasteiger partial charge in [-0.05, 0) is 85.8 Å². The fraction of sp³-hybridized carbons (Fsp3) is 0.364. The summed E-state index contributed by atoms with van der Waals surface area (Å²) in [6, 6.07) is 14.8. The van der Waals surface area contributed by atoms with Crippen molar-refractivity contribution in [1.29, 1.82) is 0 Å². The highest BCUT2D eigenvalue weighted by atomic mass is 79.9. The zero-order valence-corrected chi connectivity index (χ0v) is 16.9. The Morgan fingerprint density at radius 3 is 2.58 bits per heavy atom. The van der Waals surface area contributed by atoms with Gasteiger partial charge in [0.15, 0.2) is 0 Å². The fourth-order valence-corrected chi connectivity index (χ4v) is 3.59. The average Bonchev–Trinajstić information content (AvgIpc) is 3.01. The van der Waals surface area contributed by atoms with Crippen molar-refractivity contribution in [1.82, 2.24) is 4.98 Å². The standard InChI is InChI=1S/C22H27BrN2O/c1-2-3-14-26-18-10-7-16(8-11-18)22-19(6-4-5-13-24)20-15-17(23)9-12-21(20)25-22/h7-12,15,25H,2-6,13-14,24H2,1H3. The lowest BCUT2D eigenvalue weighted by atomic mass is 10.0. The Morgan fingerprint density at radius 2 is 1.85 bits per heavy atom. The van der Waals surface area contributed by atoms with Gasteiger partial charge in [-0.15, -0.1) is 0 Å². The molecule has 1 aromatic heterocycles. The molecule has 3 N–H and O–H groups in total. The summed E-state index contributed by atoms with van der Waals surface area (Å²) in [5.41, 5.74) is 10.6. The number of aromatic nitrogens is 1. The van der Waals surface area contributed by atoms with Crippen LogP contribution in [-0.2, 0) is 6.42 Å². The van der Waals surface area contributed by atoms with Crippen molar-refractivity contribution in [3.05, 3.63) is 52.5 Å². The molecule has 0 radical (unpaired) electrons. The summed E-state index contributed by atoms with van der Waals surface area (Å²) >= 11 is 3.60. The summed E-state index contributed by atoms with van der Waals surface area (Å²) in [6.07, 6.45) is 5.40. The summed E-state index contributed by atoms with van der Waals surface area (Å²) in [7, 11) is 0. The summed E-state index contributed by atoms with van der Waals surface area (Å²) in [6.45, 7) is 3.69. The minimum Gasteiger partial charge on any atom is -0.494 e. The van der Waals surface area contributed by atoms with Gasteiger partial charge >= 0.3 is 0 Å². The molecular formula is C22H27BrN2O. The zero-order chi connectivity index (χ0) is 18.4. The largest absolute Gasteiger partial charge is 0.494 e. The molecule has 3 rings (SSSR count). The van der Waals surface area contributed by atoms with Crippen LogP contribution in [0.15, 0.2) is 46.9 Å². The van der Waals surface area contributed by atoms with Gasteiger partial charge in [0.25, 0.3) is 0 Å². The van der Waals surface area contributed by atoms with Gasteiger partial charge in [-0.2, -0.15) is 0 Å². The van der Waals surface area contributed by atoms with Crippen molar-refractivity contribution in [3.63, 3.8) is 0 Å². The number of aromatic amines is 1. The van der Waals surface area contributed by atoms with E-state index in [1.807, 2.05) is 0 Å². The van der Waals surface area contributed by atoms with Gasteiger partial charge in [0.05, 0.1) is 6.61 Å². The molecule has 0 saturated carbocycles. The molecule has 4 heteroatoms. The van der Waals surface area contributed by atoms with E-state index >= 15 is 0 Å². The monoisotopic (exact) mass is 414 g/mol. The number of hydrogen-bond acceptors (Lipinski definition) is 2. The molecule has 0 amide bonds. The second kappa shape index (κ2) is 9.24. The van der Waals surface area contributed by atoms with Gasteiger partial charge in [-0.3, -0.25) is 0 Å². The molecule has 1 heterocycles. The summed E-state index contributed by atoms with van der Waals surface area (Å²) < 4.78 is 6.90. The molecule has 26 heavy (non-hydrogen) atoms. The van der Waals surface area contributed by atoms with E-state index in [4.69, 9.17) is 10.5 Å². The molecule has 3 nitrogen and oxygen atoms in total. The van der Waals surface area contributed by atoms with E-state index in [0.717, 1.165) is 55.5 Å². The summed E-state index contributed by atoms with van der Waals surface area (Å²) in [5.74, 6) is 0.936. The molecule has 0 saturated heterocycles. The predicted octanol–water partition coefficient (Wildman–Crippen LogP) is 6.06. The maximum Gasteiger partial charge on any atom is 0.119 e. The number of benzene rings is 2. The van der Waals surface area contributed by atoms with E-state index in [1.165, 1.54) is 27.7 Å². The van der Waals surface area contributed by atoms with Crippen molar-refractivity contribution >= 4 is 26.8 Å². The number of nitrogens with one attached hydrogen (secondary N) is 1. The number of H-pyrrole nitrogens is 1. The van der Waals surface area contributed by atoms with E-state index in [9.17, 15) is 0 Å². The SMILES string of the molecule is CCCCOc1ccc(-c2[nH]c3ccc(Br)cc3c2CCCCN)cc1. The van der Waals surface area contributed by atoms with Crippen LogP contribution < -0.4 is 10.5 Å². The van der Waals surface area contributed by atoms with E-state index < -0.39 is 0 Å². The molecule has 0 fully saturated rings. The second-order valence-electron chi connectivity index (χ2n) is 6.64. The van der Waals surface area contributed by atoms with Crippen LogP contribution in [0.3, 0.4) is 0 Å². The van der Waals surface area contributed by atoms with E-state index in [-0.39, 0.29) is 0 Å². The Hall–Kier alpha value is -1.78. The highest BCUT2D eigenvalue weighted by Gasteiger charge is 2.13. The van der Waals surface area contributed by atoms with Crippen molar-refractivity contribution in [2.75, 3.05) is 13.2 Å². The Balaban J connectivity index is 1.91. The predicted molar refractivity (Wildman–Crippen MR) is 114 cm³/mol. The lowest BCUT2D eigenvalue weighted by molar-refractivity contribution is 0.309. The van der Waals surface area contributed by atoms with Gasteiger partial charge in [0.2, 0.25) is 0 Å². The molecule has 0 atom stereocenters. The summed E-state index contributed by atoms with van der Waals surface area (Å²) in [5, 5.41) is 1.29. The lowest BCUT2D eigenvalue weighted by Gasteiger charge is -2.08. The minimum absolute atomic E-state index is 0.741. The number of unbranched alkanes of at least 4 members (excludes halogenated alkanes) is 2. The lowest BCUT2D eigenvalue weighted by Crippen LogP contribution is -1.99.